The van der Waals surface area contributed by atoms with Crippen LogP contribution in [0.25, 0.3) is 0 Å². The highest BCUT2D eigenvalue weighted by Crippen LogP contribution is 2.32. The molecule has 0 radical (unpaired) electrons. The summed E-state index contributed by atoms with van der Waals surface area (Å²) in [5, 5.41) is 18.0. The second-order valence-corrected chi connectivity index (χ2v) is 3.90. The van der Waals surface area contributed by atoms with Crippen molar-refractivity contribution in [3.8, 4) is 5.75 Å². The van der Waals surface area contributed by atoms with Crippen LogP contribution >= 0.6 is 0 Å². The van der Waals surface area contributed by atoms with E-state index < -0.39 is 18.6 Å². The minimum atomic E-state index is -3.37. The number of aliphatic hydroxyl groups excluding tert-OH is 1. The number of hydrogen-bond donors (Lipinski definition) is 3. The molecular weight excluding hydrogens is 216 g/mol. The van der Waals surface area contributed by atoms with Crippen molar-refractivity contribution in [2.75, 3.05) is 6.61 Å². The Morgan fingerprint density at radius 2 is 1.75 bits per heavy atom. The van der Waals surface area contributed by atoms with Crippen LogP contribution in [-0.4, -0.2) is 22.7 Å². The Morgan fingerprint density at radius 1 is 1.31 bits per heavy atom. The fraction of sp³-hybridized carbons (Fsp3) is 0.455. The lowest BCUT2D eigenvalue weighted by atomic mass is 9.97. The lowest BCUT2D eigenvalue weighted by molar-refractivity contribution is -0.0712. The first-order chi connectivity index (χ1) is 7.29. The molecule has 0 heterocycles. The third-order valence-electron chi connectivity index (χ3n) is 2.54. The van der Waals surface area contributed by atoms with E-state index in [4.69, 9.17) is 10.8 Å². The summed E-state index contributed by atoms with van der Waals surface area (Å²) < 4.78 is 26.3. The molecule has 0 aliphatic heterocycles. The van der Waals surface area contributed by atoms with E-state index in [0.717, 1.165) is 0 Å². The molecule has 1 aromatic carbocycles. The van der Waals surface area contributed by atoms with Gasteiger partial charge in [-0.3, -0.25) is 0 Å². The van der Waals surface area contributed by atoms with E-state index in [2.05, 4.69) is 0 Å². The lowest BCUT2D eigenvalue weighted by Crippen LogP contribution is -2.36. The molecule has 0 spiro atoms. The molecule has 5 heteroatoms. The Hall–Kier alpha value is -1.20. The molecule has 0 amide bonds. The third-order valence-corrected chi connectivity index (χ3v) is 2.54. The smallest absolute Gasteiger partial charge is 0.289 e. The molecule has 0 aliphatic rings. The molecule has 0 fully saturated rings. The van der Waals surface area contributed by atoms with Crippen molar-refractivity contribution in [3.05, 3.63) is 28.8 Å². The van der Waals surface area contributed by atoms with Crippen LogP contribution in [0.5, 0.6) is 5.75 Å². The predicted molar refractivity (Wildman–Crippen MR) is 56.5 cm³/mol. The Morgan fingerprint density at radius 3 is 2.12 bits per heavy atom. The Balaban J connectivity index is 3.15. The van der Waals surface area contributed by atoms with Gasteiger partial charge in [0.25, 0.3) is 5.92 Å². The van der Waals surface area contributed by atoms with E-state index in [1.165, 1.54) is 12.1 Å². The summed E-state index contributed by atoms with van der Waals surface area (Å²) in [5.74, 6) is -3.29. The van der Waals surface area contributed by atoms with Gasteiger partial charge in [0.15, 0.2) is 0 Å². The van der Waals surface area contributed by atoms with Gasteiger partial charge in [-0.25, -0.2) is 8.78 Å². The predicted octanol–water partition coefficient (Wildman–Crippen LogP) is 1.64. The van der Waals surface area contributed by atoms with Crippen LogP contribution in [0.15, 0.2) is 12.1 Å². The van der Waals surface area contributed by atoms with E-state index in [1.807, 2.05) is 0 Å². The van der Waals surface area contributed by atoms with Gasteiger partial charge in [0.1, 0.15) is 12.4 Å². The highest BCUT2D eigenvalue weighted by atomic mass is 19.3. The molecule has 16 heavy (non-hydrogen) atoms. The molecular formula is C11H15F2NO2. The zero-order valence-electron chi connectivity index (χ0n) is 9.17. The van der Waals surface area contributed by atoms with Crippen LogP contribution in [-0.2, 0) is 0 Å². The fourth-order valence-corrected chi connectivity index (χ4v) is 1.51. The molecule has 0 unspecified atom stereocenters. The molecule has 1 atom stereocenters. The van der Waals surface area contributed by atoms with E-state index >= 15 is 0 Å². The number of aliphatic hydroxyl groups is 1. The van der Waals surface area contributed by atoms with E-state index in [1.54, 1.807) is 13.8 Å². The number of hydrogen-bond acceptors (Lipinski definition) is 3. The van der Waals surface area contributed by atoms with Crippen LogP contribution in [0.1, 0.15) is 22.7 Å². The quantitative estimate of drug-likeness (QED) is 0.740. The van der Waals surface area contributed by atoms with Crippen molar-refractivity contribution in [3.63, 3.8) is 0 Å². The van der Waals surface area contributed by atoms with Gasteiger partial charge < -0.3 is 15.9 Å². The van der Waals surface area contributed by atoms with Crippen LogP contribution < -0.4 is 5.73 Å². The number of aromatic hydroxyl groups is 1. The zero-order valence-corrected chi connectivity index (χ0v) is 9.17. The normalized spacial score (nSPS) is 13.9. The Labute approximate surface area is 92.5 Å². The third kappa shape index (κ3) is 2.31. The first kappa shape index (κ1) is 12.9. The van der Waals surface area contributed by atoms with E-state index in [9.17, 15) is 13.9 Å². The maximum atomic E-state index is 13.2. The van der Waals surface area contributed by atoms with Crippen LogP contribution in [0, 0.1) is 13.8 Å². The molecule has 90 valence electrons. The molecule has 0 saturated heterocycles. The number of benzene rings is 1. The van der Waals surface area contributed by atoms with Gasteiger partial charge in [-0.2, -0.15) is 0 Å². The maximum Gasteiger partial charge on any atom is 0.289 e. The number of aryl methyl sites for hydroxylation is 2. The van der Waals surface area contributed by atoms with Crippen molar-refractivity contribution >= 4 is 0 Å². The molecule has 4 N–H and O–H groups in total. The van der Waals surface area contributed by atoms with Gasteiger partial charge in [0, 0.05) is 0 Å². The fourth-order valence-electron chi connectivity index (χ4n) is 1.51. The molecule has 0 aromatic heterocycles. The van der Waals surface area contributed by atoms with Gasteiger partial charge in [-0.15, -0.1) is 0 Å². The van der Waals surface area contributed by atoms with E-state index in [0.29, 0.717) is 11.1 Å². The summed E-state index contributed by atoms with van der Waals surface area (Å²) >= 11 is 0. The summed E-state index contributed by atoms with van der Waals surface area (Å²) in [6.07, 6.45) is 0. The average molecular weight is 231 g/mol. The number of rotatable bonds is 3. The van der Waals surface area contributed by atoms with Gasteiger partial charge in [-0.05, 0) is 30.5 Å². The minimum absolute atomic E-state index is 0.0725. The largest absolute Gasteiger partial charge is 0.507 e. The van der Waals surface area contributed by atoms with Crippen molar-refractivity contribution in [1.82, 2.24) is 0 Å². The lowest BCUT2D eigenvalue weighted by Gasteiger charge is -2.22. The topological polar surface area (TPSA) is 66.5 Å². The number of phenolic OH excluding ortho intramolecular Hbond substituents is 1. The van der Waals surface area contributed by atoms with Gasteiger partial charge >= 0.3 is 0 Å². The summed E-state index contributed by atoms with van der Waals surface area (Å²) in [7, 11) is 0. The minimum Gasteiger partial charge on any atom is -0.507 e. The Bertz CT molecular complexity index is 371. The average Bonchev–Trinajstić information content (AvgIpc) is 2.24. The van der Waals surface area contributed by atoms with Crippen LogP contribution in [0.2, 0.25) is 0 Å². The maximum absolute atomic E-state index is 13.2. The highest BCUT2D eigenvalue weighted by Gasteiger charge is 2.37. The second-order valence-electron chi connectivity index (χ2n) is 3.90. The summed E-state index contributed by atoms with van der Waals surface area (Å²) in [5.41, 5.74) is 6.55. The molecule has 3 nitrogen and oxygen atoms in total. The number of alkyl halides is 2. The van der Waals surface area contributed by atoms with Crippen LogP contribution in [0.3, 0.4) is 0 Å². The van der Waals surface area contributed by atoms with E-state index in [-0.39, 0.29) is 11.3 Å². The molecule has 0 bridgehead atoms. The van der Waals surface area contributed by atoms with Gasteiger partial charge in [0.2, 0.25) is 0 Å². The van der Waals surface area contributed by atoms with Crippen molar-refractivity contribution in [2.45, 2.75) is 25.8 Å². The number of phenols is 1. The molecule has 1 aromatic rings. The van der Waals surface area contributed by atoms with Crippen molar-refractivity contribution < 1.29 is 19.0 Å². The molecule has 0 saturated carbocycles. The van der Waals surface area contributed by atoms with Gasteiger partial charge in [-0.1, -0.05) is 12.1 Å². The SMILES string of the molecule is Cc1cc([C@H](N)C(F)(F)CO)cc(C)c1O. The zero-order chi connectivity index (χ0) is 12.5. The molecule has 1 rings (SSSR count). The van der Waals surface area contributed by atoms with Crippen molar-refractivity contribution in [1.29, 1.82) is 0 Å². The number of nitrogens with two attached hydrogens (primary N) is 1. The first-order valence-electron chi connectivity index (χ1n) is 4.84. The number of halogens is 2. The van der Waals surface area contributed by atoms with Gasteiger partial charge in [0.05, 0.1) is 6.04 Å². The summed E-state index contributed by atoms with van der Waals surface area (Å²) in [6, 6.07) is 1.23. The highest BCUT2D eigenvalue weighted by molar-refractivity contribution is 5.43. The Kier molecular flexibility index (Phi) is 3.50. The summed E-state index contributed by atoms with van der Waals surface area (Å²) in [4.78, 5) is 0. The van der Waals surface area contributed by atoms with Crippen LogP contribution in [0.4, 0.5) is 8.78 Å². The summed E-state index contributed by atoms with van der Waals surface area (Å²) in [6.45, 7) is 1.92. The van der Waals surface area contributed by atoms with Crippen molar-refractivity contribution in [2.24, 2.45) is 5.73 Å². The first-order valence-corrected chi connectivity index (χ1v) is 4.84. The second kappa shape index (κ2) is 4.35. The monoisotopic (exact) mass is 231 g/mol. The standard InChI is InChI=1S/C11H15F2NO2/c1-6-3-8(4-7(2)9(6)16)10(14)11(12,13)5-15/h3-4,10,15-16H,5,14H2,1-2H3/t10-/m0/s1. The molecule has 0 aliphatic carbocycles.